The molecule has 7 nitrogen and oxygen atoms in total. The first-order chi connectivity index (χ1) is 12.7. The molecule has 132 valence electrons. The minimum atomic E-state index is -0.121. The molecule has 2 N–H and O–H groups in total. The van der Waals surface area contributed by atoms with Gasteiger partial charge in [0.05, 0.1) is 11.0 Å². The zero-order valence-corrected chi connectivity index (χ0v) is 14.2. The van der Waals surface area contributed by atoms with Crippen LogP contribution in [0.15, 0.2) is 48.7 Å². The fourth-order valence-electron chi connectivity index (χ4n) is 3.21. The molecule has 7 heteroatoms. The molecule has 0 aliphatic carbocycles. The van der Waals surface area contributed by atoms with E-state index in [1.807, 2.05) is 30.3 Å². The molecular weight excluding hydrogens is 330 g/mol. The van der Waals surface area contributed by atoms with Gasteiger partial charge in [0.25, 0.3) is 5.91 Å². The minimum absolute atomic E-state index is 0.0421. The van der Waals surface area contributed by atoms with Crippen molar-refractivity contribution in [3.63, 3.8) is 0 Å². The van der Waals surface area contributed by atoms with Crippen LogP contribution >= 0.6 is 0 Å². The maximum absolute atomic E-state index is 12.7. The van der Waals surface area contributed by atoms with Gasteiger partial charge in [-0.2, -0.15) is 0 Å². The number of aromatic amines is 1. The van der Waals surface area contributed by atoms with E-state index in [0.717, 1.165) is 11.0 Å². The number of hydrogen-bond acceptors (Lipinski definition) is 4. The molecule has 0 radical (unpaired) electrons. The van der Waals surface area contributed by atoms with Gasteiger partial charge in [0.15, 0.2) is 5.82 Å². The second kappa shape index (κ2) is 6.95. The number of piperidine rings is 1. The van der Waals surface area contributed by atoms with Crippen LogP contribution in [-0.4, -0.2) is 44.8 Å². The maximum Gasteiger partial charge on any atom is 0.289 e. The van der Waals surface area contributed by atoms with Crippen molar-refractivity contribution in [2.75, 3.05) is 18.4 Å². The van der Waals surface area contributed by atoms with Crippen LogP contribution in [0.4, 0.5) is 5.82 Å². The SMILES string of the molecule is O=C(Nc1ccccn1)C1CCN(C(=O)c2nc3ccccc3[nH]2)CC1. The number of nitrogens with one attached hydrogen (secondary N) is 2. The molecule has 0 atom stereocenters. The Morgan fingerprint density at radius 3 is 2.58 bits per heavy atom. The van der Waals surface area contributed by atoms with Gasteiger partial charge in [-0.1, -0.05) is 18.2 Å². The quantitative estimate of drug-likeness (QED) is 0.760. The monoisotopic (exact) mass is 349 g/mol. The van der Waals surface area contributed by atoms with Crippen molar-refractivity contribution in [2.24, 2.45) is 5.92 Å². The predicted molar refractivity (Wildman–Crippen MR) is 97.6 cm³/mol. The first-order valence-corrected chi connectivity index (χ1v) is 8.66. The number of para-hydroxylation sites is 2. The van der Waals surface area contributed by atoms with Crippen molar-refractivity contribution in [1.82, 2.24) is 19.9 Å². The second-order valence-corrected chi connectivity index (χ2v) is 6.37. The lowest BCUT2D eigenvalue weighted by atomic mass is 9.96. The molecule has 0 bridgehead atoms. The number of fused-ring (bicyclic) bond motifs is 1. The summed E-state index contributed by atoms with van der Waals surface area (Å²) >= 11 is 0. The highest BCUT2D eigenvalue weighted by Crippen LogP contribution is 2.21. The Hall–Kier alpha value is -3.22. The second-order valence-electron chi connectivity index (χ2n) is 6.37. The number of carbonyl (C=O) groups is 2. The summed E-state index contributed by atoms with van der Waals surface area (Å²) in [4.78, 5) is 38.3. The van der Waals surface area contributed by atoms with E-state index in [0.29, 0.717) is 37.6 Å². The zero-order chi connectivity index (χ0) is 17.9. The molecule has 2 amide bonds. The van der Waals surface area contributed by atoms with E-state index in [9.17, 15) is 9.59 Å². The van der Waals surface area contributed by atoms with Crippen molar-refractivity contribution in [2.45, 2.75) is 12.8 Å². The smallest absolute Gasteiger partial charge is 0.289 e. The number of carbonyl (C=O) groups excluding carboxylic acids is 2. The van der Waals surface area contributed by atoms with Crippen LogP contribution in [0.3, 0.4) is 0 Å². The standard InChI is InChI=1S/C19H19N5O2/c25-18(23-16-7-3-4-10-20-16)13-8-11-24(12-9-13)19(26)17-21-14-5-1-2-6-15(14)22-17/h1-7,10,13H,8-9,11-12H2,(H,21,22)(H,20,23,25). The first kappa shape index (κ1) is 16.3. The number of nitrogens with zero attached hydrogens (tertiary/aromatic N) is 3. The van der Waals surface area contributed by atoms with Crippen LogP contribution in [0.2, 0.25) is 0 Å². The summed E-state index contributed by atoms with van der Waals surface area (Å²) in [5.74, 6) is 0.627. The van der Waals surface area contributed by atoms with Crippen molar-refractivity contribution in [3.8, 4) is 0 Å². The Balaban J connectivity index is 1.37. The van der Waals surface area contributed by atoms with Crippen LogP contribution in [0.5, 0.6) is 0 Å². The lowest BCUT2D eigenvalue weighted by Crippen LogP contribution is -2.41. The Bertz CT molecular complexity index is 896. The van der Waals surface area contributed by atoms with Crippen molar-refractivity contribution in [3.05, 3.63) is 54.5 Å². The summed E-state index contributed by atoms with van der Waals surface area (Å²) in [6, 6.07) is 13.0. The van der Waals surface area contributed by atoms with E-state index < -0.39 is 0 Å². The number of pyridine rings is 1. The van der Waals surface area contributed by atoms with Crippen LogP contribution < -0.4 is 5.32 Å². The van der Waals surface area contributed by atoms with Crippen molar-refractivity contribution >= 4 is 28.7 Å². The number of benzene rings is 1. The zero-order valence-electron chi connectivity index (χ0n) is 14.2. The lowest BCUT2D eigenvalue weighted by Gasteiger charge is -2.30. The van der Waals surface area contributed by atoms with Crippen LogP contribution in [-0.2, 0) is 4.79 Å². The third-order valence-corrected chi connectivity index (χ3v) is 4.66. The Morgan fingerprint density at radius 1 is 1.08 bits per heavy atom. The summed E-state index contributed by atoms with van der Waals surface area (Å²) < 4.78 is 0. The molecule has 3 heterocycles. The molecule has 0 saturated carbocycles. The van der Waals surface area contributed by atoms with Crippen LogP contribution in [0.1, 0.15) is 23.5 Å². The molecule has 1 saturated heterocycles. The van der Waals surface area contributed by atoms with E-state index in [1.165, 1.54) is 0 Å². The molecule has 1 aliphatic heterocycles. The molecule has 4 rings (SSSR count). The number of H-pyrrole nitrogens is 1. The van der Waals surface area contributed by atoms with Gasteiger partial charge in [0, 0.05) is 25.2 Å². The molecular formula is C19H19N5O2. The number of anilines is 1. The molecule has 1 aromatic carbocycles. The number of amides is 2. The van der Waals surface area contributed by atoms with Gasteiger partial charge in [0.2, 0.25) is 5.91 Å². The highest BCUT2D eigenvalue weighted by Gasteiger charge is 2.29. The van der Waals surface area contributed by atoms with Crippen LogP contribution in [0.25, 0.3) is 11.0 Å². The van der Waals surface area contributed by atoms with E-state index in [1.54, 1.807) is 23.2 Å². The number of likely N-dealkylation sites (tertiary alicyclic amines) is 1. The van der Waals surface area contributed by atoms with E-state index in [-0.39, 0.29) is 17.7 Å². The van der Waals surface area contributed by atoms with Gasteiger partial charge < -0.3 is 15.2 Å². The third kappa shape index (κ3) is 3.28. The number of imidazole rings is 1. The highest BCUT2D eigenvalue weighted by molar-refractivity contribution is 5.95. The van der Waals surface area contributed by atoms with Gasteiger partial charge in [-0.15, -0.1) is 0 Å². The Labute approximate surface area is 150 Å². The van der Waals surface area contributed by atoms with E-state index in [2.05, 4.69) is 20.3 Å². The molecule has 1 fully saturated rings. The van der Waals surface area contributed by atoms with Gasteiger partial charge >= 0.3 is 0 Å². The normalized spacial score (nSPS) is 15.2. The summed E-state index contributed by atoms with van der Waals surface area (Å²) in [6.07, 6.45) is 2.90. The first-order valence-electron chi connectivity index (χ1n) is 8.66. The molecule has 3 aromatic rings. The average molecular weight is 349 g/mol. The topological polar surface area (TPSA) is 91.0 Å². The van der Waals surface area contributed by atoms with Crippen molar-refractivity contribution < 1.29 is 9.59 Å². The largest absolute Gasteiger partial charge is 0.336 e. The lowest BCUT2D eigenvalue weighted by molar-refractivity contribution is -0.121. The average Bonchev–Trinajstić information content (AvgIpc) is 3.12. The predicted octanol–water partition coefficient (Wildman–Crippen LogP) is 2.45. The summed E-state index contributed by atoms with van der Waals surface area (Å²) in [5.41, 5.74) is 1.63. The van der Waals surface area contributed by atoms with E-state index in [4.69, 9.17) is 0 Å². The minimum Gasteiger partial charge on any atom is -0.336 e. The highest BCUT2D eigenvalue weighted by atomic mass is 16.2. The molecule has 0 unspecified atom stereocenters. The van der Waals surface area contributed by atoms with Crippen molar-refractivity contribution in [1.29, 1.82) is 0 Å². The maximum atomic E-state index is 12.7. The molecule has 1 aliphatic rings. The summed E-state index contributed by atoms with van der Waals surface area (Å²) in [7, 11) is 0. The van der Waals surface area contributed by atoms with E-state index >= 15 is 0 Å². The van der Waals surface area contributed by atoms with Gasteiger partial charge in [-0.25, -0.2) is 9.97 Å². The Kier molecular flexibility index (Phi) is 4.35. The number of hydrogen-bond donors (Lipinski definition) is 2. The van der Waals surface area contributed by atoms with Crippen LogP contribution in [0, 0.1) is 5.92 Å². The third-order valence-electron chi connectivity index (χ3n) is 4.66. The number of aromatic nitrogens is 3. The Morgan fingerprint density at radius 2 is 1.85 bits per heavy atom. The summed E-state index contributed by atoms with van der Waals surface area (Å²) in [5, 5.41) is 2.83. The summed E-state index contributed by atoms with van der Waals surface area (Å²) in [6.45, 7) is 1.08. The molecule has 0 spiro atoms. The van der Waals surface area contributed by atoms with Gasteiger partial charge in [-0.05, 0) is 37.1 Å². The molecule has 2 aromatic heterocycles. The van der Waals surface area contributed by atoms with Gasteiger partial charge in [0.1, 0.15) is 5.82 Å². The molecule has 26 heavy (non-hydrogen) atoms. The fourth-order valence-corrected chi connectivity index (χ4v) is 3.21. The van der Waals surface area contributed by atoms with Gasteiger partial charge in [-0.3, -0.25) is 9.59 Å². The fraction of sp³-hybridized carbons (Fsp3) is 0.263. The number of rotatable bonds is 3.